The molecule has 0 aliphatic heterocycles. The van der Waals surface area contributed by atoms with Gasteiger partial charge in [-0.15, -0.1) is 0 Å². The second-order valence-corrected chi connectivity index (χ2v) is 3.63. The highest BCUT2D eigenvalue weighted by Gasteiger charge is 1.98. The predicted molar refractivity (Wildman–Crippen MR) is 58.5 cm³/mol. The van der Waals surface area contributed by atoms with Crippen LogP contribution in [0.1, 0.15) is 0 Å². The predicted octanol–water partition coefficient (Wildman–Crippen LogP) is -4.91. The molecule has 1 N–H and O–H groups in total. The lowest BCUT2D eigenvalue weighted by Gasteiger charge is -2.03. The van der Waals surface area contributed by atoms with Gasteiger partial charge in [0.25, 0.3) is 0 Å². The number of pyridine rings is 2. The minimum atomic E-state index is 0. The summed E-state index contributed by atoms with van der Waals surface area (Å²) in [4.78, 5) is 0. The number of aromatic nitrogens is 2. The lowest BCUT2D eigenvalue weighted by atomic mass is 10.3. The van der Waals surface area contributed by atoms with Gasteiger partial charge in [-0.3, -0.25) is 0 Å². The molecule has 0 spiro atoms. The SMILES string of the molecule is C[n+]1ccc(Nc2cc[n+](C)cc2)cc1.[F-].[F-]. The fourth-order valence-electron chi connectivity index (χ4n) is 1.34. The monoisotopic (exact) mass is 239 g/mol. The molecule has 0 unspecified atom stereocenters. The van der Waals surface area contributed by atoms with Gasteiger partial charge in [-0.05, 0) is 0 Å². The van der Waals surface area contributed by atoms with Crippen molar-refractivity contribution in [1.29, 1.82) is 0 Å². The van der Waals surface area contributed by atoms with Gasteiger partial charge in [0.05, 0.1) is 11.4 Å². The summed E-state index contributed by atoms with van der Waals surface area (Å²) >= 11 is 0. The van der Waals surface area contributed by atoms with E-state index < -0.39 is 0 Å². The summed E-state index contributed by atoms with van der Waals surface area (Å²) in [6.07, 6.45) is 8.08. The third-order valence-electron chi connectivity index (χ3n) is 2.25. The summed E-state index contributed by atoms with van der Waals surface area (Å²) in [5, 5.41) is 3.33. The molecule has 0 amide bonds. The van der Waals surface area contributed by atoms with E-state index >= 15 is 0 Å². The minimum absolute atomic E-state index is 0. The van der Waals surface area contributed by atoms with Crippen molar-refractivity contribution < 1.29 is 18.5 Å². The summed E-state index contributed by atoms with van der Waals surface area (Å²) in [5.41, 5.74) is 2.20. The Labute approximate surface area is 99.1 Å². The van der Waals surface area contributed by atoms with Crippen LogP contribution >= 0.6 is 0 Å². The molecule has 0 fully saturated rings. The molecule has 0 aromatic carbocycles. The lowest BCUT2D eigenvalue weighted by molar-refractivity contribution is -0.671. The summed E-state index contributed by atoms with van der Waals surface area (Å²) in [6.45, 7) is 0. The summed E-state index contributed by atoms with van der Waals surface area (Å²) in [7, 11) is 4.01. The molecule has 2 aromatic rings. The molecule has 17 heavy (non-hydrogen) atoms. The van der Waals surface area contributed by atoms with Crippen LogP contribution in [0.4, 0.5) is 11.4 Å². The molecule has 0 aliphatic rings. The normalized spacial score (nSPS) is 8.82. The van der Waals surface area contributed by atoms with Crippen molar-refractivity contribution in [3.63, 3.8) is 0 Å². The van der Waals surface area contributed by atoms with Crippen molar-refractivity contribution in [3.05, 3.63) is 49.1 Å². The van der Waals surface area contributed by atoms with E-state index in [2.05, 4.69) is 5.32 Å². The molecule has 3 nitrogen and oxygen atoms in total. The van der Waals surface area contributed by atoms with Gasteiger partial charge in [0.1, 0.15) is 14.1 Å². The summed E-state index contributed by atoms with van der Waals surface area (Å²) in [5.74, 6) is 0. The Morgan fingerprint density at radius 1 is 0.706 bits per heavy atom. The second kappa shape index (κ2) is 6.52. The van der Waals surface area contributed by atoms with Crippen LogP contribution in [0.5, 0.6) is 0 Å². The van der Waals surface area contributed by atoms with Crippen molar-refractivity contribution in [2.75, 3.05) is 5.32 Å². The number of aryl methyl sites for hydroxylation is 2. The minimum Gasteiger partial charge on any atom is -1.00 e. The topological polar surface area (TPSA) is 19.8 Å². The molecule has 2 rings (SSSR count). The van der Waals surface area contributed by atoms with E-state index in [1.807, 2.05) is 72.3 Å². The maximum atomic E-state index is 3.33. The number of hydrogen-bond acceptors (Lipinski definition) is 1. The average Bonchev–Trinajstić information content (AvgIpc) is 2.25. The first kappa shape index (κ1) is 15.0. The molecular formula is C12H15F2N3. The van der Waals surface area contributed by atoms with Crippen molar-refractivity contribution in [2.24, 2.45) is 14.1 Å². The molecule has 0 bridgehead atoms. The Bertz CT molecular complexity index is 397. The first-order valence-corrected chi connectivity index (χ1v) is 4.92. The molecular weight excluding hydrogens is 224 g/mol. The Balaban J connectivity index is 0.00000128. The first-order valence-electron chi connectivity index (χ1n) is 4.92. The third-order valence-corrected chi connectivity index (χ3v) is 2.25. The highest BCUT2D eigenvalue weighted by molar-refractivity contribution is 5.57. The number of nitrogens with one attached hydrogen (secondary N) is 1. The molecule has 92 valence electrons. The summed E-state index contributed by atoms with van der Waals surface area (Å²) in [6, 6.07) is 8.19. The smallest absolute Gasteiger partial charge is 0.170 e. The number of nitrogens with zero attached hydrogens (tertiary/aromatic N) is 2. The van der Waals surface area contributed by atoms with Crippen LogP contribution < -0.4 is 23.9 Å². The van der Waals surface area contributed by atoms with Crippen LogP contribution in [0.3, 0.4) is 0 Å². The molecule has 2 heterocycles. The van der Waals surface area contributed by atoms with Crippen molar-refractivity contribution in [2.45, 2.75) is 0 Å². The quantitative estimate of drug-likeness (QED) is 0.521. The molecule has 0 saturated heterocycles. The zero-order valence-corrected chi connectivity index (χ0v) is 9.77. The fourth-order valence-corrected chi connectivity index (χ4v) is 1.34. The van der Waals surface area contributed by atoms with Gasteiger partial charge in [0.2, 0.25) is 0 Å². The van der Waals surface area contributed by atoms with Gasteiger partial charge < -0.3 is 14.7 Å². The van der Waals surface area contributed by atoms with E-state index in [-0.39, 0.29) is 9.41 Å². The number of hydrogen-bond donors (Lipinski definition) is 1. The van der Waals surface area contributed by atoms with Gasteiger partial charge in [-0.25, -0.2) is 9.13 Å². The van der Waals surface area contributed by atoms with Crippen LogP contribution in [-0.2, 0) is 14.1 Å². The fraction of sp³-hybridized carbons (Fsp3) is 0.167. The highest BCUT2D eigenvalue weighted by atomic mass is 19.0. The van der Waals surface area contributed by atoms with Crippen molar-refractivity contribution in [1.82, 2.24) is 0 Å². The maximum absolute atomic E-state index is 3.33. The molecule has 0 saturated carbocycles. The number of halogens is 2. The van der Waals surface area contributed by atoms with E-state index in [9.17, 15) is 0 Å². The largest absolute Gasteiger partial charge is 1.00 e. The van der Waals surface area contributed by atoms with Gasteiger partial charge in [0.15, 0.2) is 24.8 Å². The van der Waals surface area contributed by atoms with Crippen LogP contribution in [-0.4, -0.2) is 0 Å². The standard InChI is InChI=1S/C12H14N3.2FH/c1-14-7-3-11(4-8-14)13-12-5-9-15(2)10-6-12;;/h3-10H,1-2H3;2*1H/q+1;;/p-1. The molecule has 0 aliphatic carbocycles. The van der Waals surface area contributed by atoms with Crippen molar-refractivity contribution in [3.8, 4) is 0 Å². The van der Waals surface area contributed by atoms with Crippen LogP contribution in [0.15, 0.2) is 49.1 Å². The van der Waals surface area contributed by atoms with Crippen LogP contribution in [0.25, 0.3) is 0 Å². The van der Waals surface area contributed by atoms with E-state index in [1.54, 1.807) is 0 Å². The second-order valence-electron chi connectivity index (χ2n) is 3.63. The number of anilines is 2. The van der Waals surface area contributed by atoms with Gasteiger partial charge in [-0.2, -0.15) is 0 Å². The first-order chi connectivity index (χ1) is 7.24. The van der Waals surface area contributed by atoms with Crippen LogP contribution in [0.2, 0.25) is 0 Å². The Kier molecular flexibility index (Phi) is 5.74. The van der Waals surface area contributed by atoms with Crippen molar-refractivity contribution >= 4 is 11.4 Å². The van der Waals surface area contributed by atoms with E-state index in [1.165, 1.54) is 0 Å². The Morgan fingerprint density at radius 2 is 1.00 bits per heavy atom. The zero-order chi connectivity index (χ0) is 10.7. The third kappa shape index (κ3) is 4.14. The maximum Gasteiger partial charge on any atom is 0.170 e. The molecule has 5 heteroatoms. The average molecular weight is 239 g/mol. The zero-order valence-electron chi connectivity index (χ0n) is 9.77. The molecule has 2 aromatic heterocycles. The highest BCUT2D eigenvalue weighted by Crippen LogP contribution is 2.12. The van der Waals surface area contributed by atoms with Gasteiger partial charge >= 0.3 is 0 Å². The van der Waals surface area contributed by atoms with E-state index in [4.69, 9.17) is 0 Å². The van der Waals surface area contributed by atoms with Gasteiger partial charge in [-0.1, -0.05) is 0 Å². The Hall–Kier alpha value is -2.04. The summed E-state index contributed by atoms with van der Waals surface area (Å²) < 4.78 is 4.02. The Morgan fingerprint density at radius 3 is 1.29 bits per heavy atom. The van der Waals surface area contributed by atoms with E-state index in [0.717, 1.165) is 11.4 Å². The molecule has 0 atom stereocenters. The molecule has 0 radical (unpaired) electrons. The van der Waals surface area contributed by atoms with E-state index in [0.29, 0.717) is 0 Å². The lowest BCUT2D eigenvalue weighted by Crippen LogP contribution is -3.00. The van der Waals surface area contributed by atoms with Crippen LogP contribution in [0, 0.1) is 0 Å². The van der Waals surface area contributed by atoms with Gasteiger partial charge in [0, 0.05) is 24.3 Å². The number of rotatable bonds is 2.